The third-order valence-electron chi connectivity index (χ3n) is 5.23. The Morgan fingerprint density at radius 3 is 2.45 bits per heavy atom. The van der Waals surface area contributed by atoms with Gasteiger partial charge in [-0.25, -0.2) is 0 Å². The fourth-order valence-corrected chi connectivity index (χ4v) is 4.11. The summed E-state index contributed by atoms with van der Waals surface area (Å²) in [5, 5.41) is 3.40. The molecule has 0 spiro atoms. The second-order valence-electron chi connectivity index (χ2n) is 6.81. The van der Waals surface area contributed by atoms with Crippen LogP contribution in [0.1, 0.15) is 44.9 Å². The number of likely N-dealkylation sites (tertiary alicyclic amines) is 1. The summed E-state index contributed by atoms with van der Waals surface area (Å²) in [6.07, 6.45) is 8.64. The van der Waals surface area contributed by atoms with Crippen molar-refractivity contribution in [3.63, 3.8) is 0 Å². The number of piperazine rings is 1. The summed E-state index contributed by atoms with van der Waals surface area (Å²) in [5.41, 5.74) is 0. The number of carbonyl (C=O) groups is 1. The van der Waals surface area contributed by atoms with Crippen LogP contribution in [0.2, 0.25) is 0 Å². The molecule has 3 aliphatic rings. The second-order valence-corrected chi connectivity index (χ2v) is 6.81. The molecule has 0 aromatic carbocycles. The molecule has 3 rings (SSSR count). The highest BCUT2D eigenvalue weighted by molar-refractivity contribution is 5.79. The first-order valence-electron chi connectivity index (χ1n) is 8.55. The summed E-state index contributed by atoms with van der Waals surface area (Å²) >= 11 is 0. The standard InChI is InChI=1S/C16H29N3O/c20-16-11-14(12-18-9-7-17-8-10-18)13-19(16)15-5-3-1-2-4-6-15/h14-15,17H,1-13H2. The normalized spacial score (nSPS) is 30.7. The van der Waals surface area contributed by atoms with E-state index in [1.807, 2.05) is 0 Å². The minimum atomic E-state index is 0.428. The van der Waals surface area contributed by atoms with Gasteiger partial charge in [0.15, 0.2) is 0 Å². The van der Waals surface area contributed by atoms with Crippen LogP contribution in [0.3, 0.4) is 0 Å². The Morgan fingerprint density at radius 2 is 1.75 bits per heavy atom. The van der Waals surface area contributed by atoms with Crippen LogP contribution >= 0.6 is 0 Å². The van der Waals surface area contributed by atoms with Gasteiger partial charge < -0.3 is 15.1 Å². The van der Waals surface area contributed by atoms with Gasteiger partial charge in [-0.3, -0.25) is 4.79 Å². The molecule has 0 radical (unpaired) electrons. The molecule has 2 heterocycles. The second kappa shape index (κ2) is 6.90. The number of amides is 1. The predicted molar refractivity (Wildman–Crippen MR) is 80.6 cm³/mol. The van der Waals surface area contributed by atoms with Crippen molar-refractivity contribution in [3.8, 4) is 0 Å². The molecule has 114 valence electrons. The molecule has 1 aliphatic carbocycles. The zero-order chi connectivity index (χ0) is 13.8. The van der Waals surface area contributed by atoms with E-state index in [1.165, 1.54) is 38.5 Å². The van der Waals surface area contributed by atoms with Gasteiger partial charge in [0.2, 0.25) is 5.91 Å². The summed E-state index contributed by atoms with van der Waals surface area (Å²) in [6, 6.07) is 0.554. The number of nitrogens with zero attached hydrogens (tertiary/aromatic N) is 2. The van der Waals surface area contributed by atoms with Crippen LogP contribution < -0.4 is 5.32 Å². The lowest BCUT2D eigenvalue weighted by Gasteiger charge is -2.30. The van der Waals surface area contributed by atoms with Gasteiger partial charge in [0, 0.05) is 51.7 Å². The van der Waals surface area contributed by atoms with Gasteiger partial charge in [0.25, 0.3) is 0 Å². The van der Waals surface area contributed by atoms with E-state index >= 15 is 0 Å². The maximum atomic E-state index is 12.3. The third kappa shape index (κ3) is 3.53. The molecule has 4 nitrogen and oxygen atoms in total. The maximum absolute atomic E-state index is 12.3. The summed E-state index contributed by atoms with van der Waals surface area (Å²) < 4.78 is 0. The average Bonchev–Trinajstić information content (AvgIpc) is 2.68. The lowest BCUT2D eigenvalue weighted by Crippen LogP contribution is -2.45. The molecular weight excluding hydrogens is 250 g/mol. The molecule has 1 unspecified atom stereocenters. The van der Waals surface area contributed by atoms with Crippen molar-refractivity contribution in [3.05, 3.63) is 0 Å². The first kappa shape index (κ1) is 14.3. The molecule has 20 heavy (non-hydrogen) atoms. The Kier molecular flexibility index (Phi) is 4.94. The van der Waals surface area contributed by atoms with Gasteiger partial charge in [-0.05, 0) is 18.8 Å². The monoisotopic (exact) mass is 279 g/mol. The molecule has 1 saturated carbocycles. The molecule has 0 bridgehead atoms. The van der Waals surface area contributed by atoms with E-state index in [4.69, 9.17) is 0 Å². The molecular formula is C16H29N3O. The minimum Gasteiger partial charge on any atom is -0.339 e. The number of nitrogens with one attached hydrogen (secondary N) is 1. The van der Waals surface area contributed by atoms with E-state index in [1.54, 1.807) is 0 Å². The van der Waals surface area contributed by atoms with Gasteiger partial charge >= 0.3 is 0 Å². The Bertz CT molecular complexity index is 320. The largest absolute Gasteiger partial charge is 0.339 e. The fourth-order valence-electron chi connectivity index (χ4n) is 4.11. The lowest BCUT2D eigenvalue weighted by atomic mass is 10.1. The van der Waals surface area contributed by atoms with E-state index in [2.05, 4.69) is 15.1 Å². The van der Waals surface area contributed by atoms with Gasteiger partial charge in [-0.15, -0.1) is 0 Å². The highest BCUT2D eigenvalue weighted by atomic mass is 16.2. The van der Waals surface area contributed by atoms with Crippen LogP contribution in [0.4, 0.5) is 0 Å². The Balaban J connectivity index is 1.51. The van der Waals surface area contributed by atoms with Crippen LogP contribution in [0.15, 0.2) is 0 Å². The molecule has 3 fully saturated rings. The SMILES string of the molecule is O=C1CC(CN2CCNCC2)CN1C1CCCCCC1. The quantitative estimate of drug-likeness (QED) is 0.795. The van der Waals surface area contributed by atoms with E-state index in [9.17, 15) is 4.79 Å². The van der Waals surface area contributed by atoms with Gasteiger partial charge in [0.1, 0.15) is 0 Å². The highest BCUT2D eigenvalue weighted by Crippen LogP contribution is 2.28. The van der Waals surface area contributed by atoms with Crippen molar-refractivity contribution in [1.82, 2.24) is 15.1 Å². The minimum absolute atomic E-state index is 0.428. The molecule has 2 saturated heterocycles. The van der Waals surface area contributed by atoms with Gasteiger partial charge in [-0.1, -0.05) is 25.7 Å². The summed E-state index contributed by atoms with van der Waals surface area (Å²) in [7, 11) is 0. The van der Waals surface area contributed by atoms with E-state index < -0.39 is 0 Å². The molecule has 0 aromatic rings. The Hall–Kier alpha value is -0.610. The van der Waals surface area contributed by atoms with Crippen molar-refractivity contribution >= 4 is 5.91 Å². The Labute approximate surface area is 122 Å². The van der Waals surface area contributed by atoms with Crippen molar-refractivity contribution < 1.29 is 4.79 Å². The molecule has 1 N–H and O–H groups in total. The highest BCUT2D eigenvalue weighted by Gasteiger charge is 2.35. The predicted octanol–water partition coefficient (Wildman–Crippen LogP) is 1.46. The maximum Gasteiger partial charge on any atom is 0.223 e. The number of hydrogen-bond acceptors (Lipinski definition) is 3. The van der Waals surface area contributed by atoms with Crippen molar-refractivity contribution in [1.29, 1.82) is 0 Å². The van der Waals surface area contributed by atoms with E-state index in [-0.39, 0.29) is 0 Å². The van der Waals surface area contributed by atoms with E-state index in [0.29, 0.717) is 17.9 Å². The molecule has 1 amide bonds. The molecule has 0 aromatic heterocycles. The van der Waals surface area contributed by atoms with Crippen LogP contribution in [-0.2, 0) is 4.79 Å². The topological polar surface area (TPSA) is 35.6 Å². The molecule has 1 atom stereocenters. The molecule has 4 heteroatoms. The van der Waals surface area contributed by atoms with E-state index in [0.717, 1.165) is 45.7 Å². The van der Waals surface area contributed by atoms with Crippen molar-refractivity contribution in [2.24, 2.45) is 5.92 Å². The van der Waals surface area contributed by atoms with Crippen LogP contribution in [-0.4, -0.2) is 61.0 Å². The van der Waals surface area contributed by atoms with Crippen molar-refractivity contribution in [2.75, 3.05) is 39.3 Å². The molecule has 2 aliphatic heterocycles. The first-order valence-corrected chi connectivity index (χ1v) is 8.55. The van der Waals surface area contributed by atoms with Crippen LogP contribution in [0, 0.1) is 5.92 Å². The number of carbonyl (C=O) groups excluding carboxylic acids is 1. The summed E-state index contributed by atoms with van der Waals surface area (Å²) in [4.78, 5) is 17.1. The van der Waals surface area contributed by atoms with Gasteiger partial charge in [0.05, 0.1) is 0 Å². The summed E-state index contributed by atoms with van der Waals surface area (Å²) in [6.45, 7) is 6.65. The zero-order valence-electron chi connectivity index (χ0n) is 12.6. The lowest BCUT2D eigenvalue weighted by molar-refractivity contribution is -0.129. The van der Waals surface area contributed by atoms with Crippen LogP contribution in [0.25, 0.3) is 0 Å². The third-order valence-corrected chi connectivity index (χ3v) is 5.23. The first-order chi connectivity index (χ1) is 9.83. The smallest absolute Gasteiger partial charge is 0.223 e. The van der Waals surface area contributed by atoms with Gasteiger partial charge in [-0.2, -0.15) is 0 Å². The Morgan fingerprint density at radius 1 is 1.05 bits per heavy atom. The van der Waals surface area contributed by atoms with Crippen molar-refractivity contribution in [2.45, 2.75) is 51.0 Å². The number of rotatable bonds is 3. The van der Waals surface area contributed by atoms with Crippen LogP contribution in [0.5, 0.6) is 0 Å². The fraction of sp³-hybridized carbons (Fsp3) is 0.938. The zero-order valence-corrected chi connectivity index (χ0v) is 12.6. The number of hydrogen-bond donors (Lipinski definition) is 1. The average molecular weight is 279 g/mol. The summed E-state index contributed by atoms with van der Waals surface area (Å²) in [5.74, 6) is 1.00.